The molecule has 0 spiro atoms. The number of H-pyrrole nitrogens is 2. The molecule has 3 aromatic heterocycles. The zero-order valence-electron chi connectivity index (χ0n) is 74.3. The van der Waals surface area contributed by atoms with Crippen LogP contribution >= 0.6 is 58.8 Å². The number of Topliss-reactive ketones (excluding diaryl/α,β-unsaturated/α-hetero) is 1. The number of ketones is 3. The number of carbonyl (C=O) groups excluding carboxylic acids is 6. The maximum atomic E-state index is 13.3. The Labute approximate surface area is 822 Å². The van der Waals surface area contributed by atoms with Crippen molar-refractivity contribution in [2.45, 2.75) is 36.6 Å². The van der Waals surface area contributed by atoms with Crippen LogP contribution in [0.25, 0.3) is 66.1 Å². The predicted molar refractivity (Wildman–Crippen MR) is 518 cm³/mol. The number of aromatic carboxylic acids is 1. The topological polar surface area (TPSA) is 520 Å². The van der Waals surface area contributed by atoms with E-state index in [2.05, 4.69) is 25.8 Å². The fourth-order valence-corrected chi connectivity index (χ4v) is 12.8. The van der Waals surface area contributed by atoms with E-state index in [4.69, 9.17) is 106 Å². The Balaban J connectivity index is 0.000000324. The van der Waals surface area contributed by atoms with Gasteiger partial charge in [0.2, 0.25) is 3.79 Å². The number of aromatic amines is 2. The summed E-state index contributed by atoms with van der Waals surface area (Å²) < 4.78 is 41.2. The fourth-order valence-electron chi connectivity index (χ4n) is 12.4. The van der Waals surface area contributed by atoms with Crippen molar-refractivity contribution in [1.82, 2.24) is 24.3 Å². The number of ether oxygens (including phenoxy) is 3. The van der Waals surface area contributed by atoms with Crippen molar-refractivity contribution in [2.24, 2.45) is 5.16 Å². The first-order valence-electron chi connectivity index (χ1n) is 39.4. The van der Waals surface area contributed by atoms with Crippen molar-refractivity contribution in [2.75, 3.05) is 91.1 Å². The number of nitrogens with zero attached hydrogens (tertiary/aromatic N) is 4. The van der Waals surface area contributed by atoms with Gasteiger partial charge in [-0.3, -0.25) is 47.7 Å². The zero-order valence-corrected chi connectivity index (χ0v) is 80.9. The Hall–Kier alpha value is -13.0. The molecule has 16 rings (SSSR count). The van der Waals surface area contributed by atoms with Gasteiger partial charge in [-0.25, -0.2) is 4.79 Å². The molecule has 0 fully saturated rings. The number of pyridine rings is 3. The fraction of sp³-hybridized carbons (Fsp3) is 0.179. The zero-order chi connectivity index (χ0) is 98.6. The molecule has 0 bridgehead atoms. The number of carboxylic acids is 3. The van der Waals surface area contributed by atoms with Gasteiger partial charge < -0.3 is 95.6 Å². The van der Waals surface area contributed by atoms with E-state index in [-0.39, 0.29) is 88.8 Å². The number of aromatic nitrogens is 3. The predicted octanol–water partition coefficient (Wildman–Crippen LogP) is 9.55. The molecule has 706 valence electrons. The summed E-state index contributed by atoms with van der Waals surface area (Å²) in [5.41, 5.74) is 15.7. The van der Waals surface area contributed by atoms with Gasteiger partial charge in [-0.15, -0.1) is 24.0 Å². The molecule has 0 saturated heterocycles. The van der Waals surface area contributed by atoms with Crippen LogP contribution in [0.4, 0.5) is 17.1 Å². The Morgan fingerprint density at radius 1 is 0.570 bits per heavy atom. The van der Waals surface area contributed by atoms with Gasteiger partial charge in [0.25, 0.3) is 44.4 Å². The summed E-state index contributed by atoms with van der Waals surface area (Å²) in [6.45, 7) is 3.25. The number of likely N-dealkylation sites (N-methyl/N-ethyl adjacent to an activating group) is 1. The first-order chi connectivity index (χ1) is 63.0. The van der Waals surface area contributed by atoms with E-state index in [1.165, 1.54) is 0 Å². The van der Waals surface area contributed by atoms with E-state index in [1.54, 1.807) is 184 Å². The number of methoxy groups -OCH3 is 3. The first kappa shape index (κ1) is 114. The monoisotopic (exact) mass is 1980 g/mol. The number of fused-ring (bicyclic) bond motifs is 12. The molecular formula is C95H95Cl5N9NaO24S. The Bertz CT molecular complexity index is 6600. The van der Waals surface area contributed by atoms with E-state index in [9.17, 15) is 61.5 Å². The molecule has 2 aliphatic carbocycles. The van der Waals surface area contributed by atoms with Crippen LogP contribution in [0.3, 0.4) is 0 Å². The number of rotatable bonds is 15. The summed E-state index contributed by atoms with van der Waals surface area (Å²) in [5.74, 6) is -2.14. The number of hydrogen-bond acceptors (Lipinski definition) is 25. The van der Waals surface area contributed by atoms with Gasteiger partial charge in [0, 0.05) is 92.3 Å². The number of hydrogen-bond donors (Lipinski definition) is 12. The number of aliphatic hydroxyl groups is 3. The number of aliphatic hydroxyl groups excluding tert-OH is 2. The number of carboxylic acid groups (broad SMARTS) is 3. The van der Waals surface area contributed by atoms with Crippen molar-refractivity contribution in [3.63, 3.8) is 0 Å². The molecule has 13 aromatic rings. The molecule has 33 nitrogen and oxygen atoms in total. The Morgan fingerprint density at radius 3 is 1.44 bits per heavy atom. The third-order valence-corrected chi connectivity index (χ3v) is 19.1. The standard InChI is InChI=1S/C21H20N2O3.C17H13NO4.C17H11NO3.C9H10O3.C8H8N2O2.C8H5NO2.C6H7N.C4H10ClN.C2H3Cl3O2.C2H4O2.CH4O3S.ClH.Na/c1-22(2)10-11-23-17-7-5-4-6-15(17)18-19(21(23)25)14-9-8-13(26-3)12-16(14)20(18)24;1-22-11-8-6-10(7-9-11)14-15(17(20)21)12-4-2-3-5-13(12)18-16(14)19;1-21-9-6-7-10-12(8-9)16(19)14-11-4-2-3-5-13(11)18-17(20)15(10)14;10-6-8-3-1-7(2-4-8)5-9(11)12;11-8(6-9-12)10-7-4-2-1-3-5-7;10-7-5-3-1-2-4-6(5)9-8(7)11;7-6-4-2-1-3-5-6;1-6(2)4-3-5;3-2(4,5)1(6)7;1-2(3)4;1-5(2,3)4;;/h4-9,12H,10-11H2,1-3H3;2-9H,1H3,(H,18,19)(H,20,21);2-8H,1H3,(H,18,20);1-4,10H,5-6H2,(H,11,12);1-6,12H,(H,10,11);1-4H,(H,9,10,11);1-5H,7H2;3-4H2,1-2H3;1,6-7H;1H3,(H,3,4);1H3,(H,2,3,4);1H;/q;;;;;;;;;;;;+1/p-1/b;;;;9-6+;;;;;;;;. The van der Waals surface area contributed by atoms with Gasteiger partial charge in [0.15, 0.2) is 17.9 Å². The molecule has 135 heavy (non-hydrogen) atoms. The SMILES string of the molecule is CC(=O)[O-].CN(C)CCCl.COc1ccc(-c2c(C(=O)O)c3ccccc3[nH]c2=O)cc1.COc1ccc2c(c1)C(=O)c1c-2c(=O)[nH]c2ccccc12.COc1ccc2c(c1)C(=O)c1c-2c(=O)n(CCN(C)C)c2ccccc12.CS(=O)(=O)O.Cl.Nc1ccccc1.O=C(/C=N/O)Nc1ccccc1.O=C(O)Cc1ccc(CO)cc1.O=C1Nc2ccccc2C1=O.OC(O)C(Cl)(Cl)Cl.[Na+]. The molecule has 0 unspecified atom stereocenters. The Morgan fingerprint density at radius 2 is 1.00 bits per heavy atom. The number of para-hydroxylation sites is 6. The number of carbonyl (C=O) groups is 8. The third kappa shape index (κ3) is 34.8. The maximum Gasteiger partial charge on any atom is 1.00 e. The molecule has 1 aliphatic heterocycles. The molecule has 0 radical (unpaired) electrons. The average molecular weight is 1980 g/mol. The van der Waals surface area contributed by atoms with Crippen LogP contribution in [-0.4, -0.2) is 206 Å². The van der Waals surface area contributed by atoms with Gasteiger partial charge in [-0.1, -0.05) is 179 Å². The van der Waals surface area contributed by atoms with Crippen LogP contribution in [0.15, 0.2) is 262 Å². The van der Waals surface area contributed by atoms with Crippen LogP contribution in [0.1, 0.15) is 70.6 Å². The van der Waals surface area contributed by atoms with Gasteiger partial charge in [-0.2, -0.15) is 8.42 Å². The van der Waals surface area contributed by atoms with E-state index in [1.807, 2.05) is 123 Å². The van der Waals surface area contributed by atoms with Crippen LogP contribution in [-0.2, 0) is 48.9 Å². The normalized spacial score (nSPS) is 11.2. The smallest absolute Gasteiger partial charge is 0.550 e. The second-order valence-electron chi connectivity index (χ2n) is 28.6. The van der Waals surface area contributed by atoms with Crippen molar-refractivity contribution in [3.05, 3.63) is 318 Å². The molecular weight excluding hydrogens is 1880 g/mol. The summed E-state index contributed by atoms with van der Waals surface area (Å²) in [5, 5.41) is 69.4. The number of alkyl halides is 4. The molecule has 0 saturated carbocycles. The van der Waals surface area contributed by atoms with Crippen LogP contribution in [0.2, 0.25) is 0 Å². The number of nitrogens with one attached hydrogen (secondary N) is 4. The third-order valence-electron chi connectivity index (χ3n) is 18.3. The van der Waals surface area contributed by atoms with Gasteiger partial charge in [-0.05, 0) is 166 Å². The average Bonchev–Trinajstić information content (AvgIpc) is 1.58. The number of anilines is 3. The number of amides is 2. The Kier molecular flexibility index (Phi) is 47.1. The first-order valence-corrected chi connectivity index (χ1v) is 42.9. The number of aliphatic carboxylic acids is 2. The number of nitrogen functional groups attached to an aromatic ring is 1. The molecule has 2 amide bonds. The van der Waals surface area contributed by atoms with Gasteiger partial charge in [0.1, 0.15) is 23.5 Å². The molecule has 0 atom stereocenters. The van der Waals surface area contributed by atoms with Crippen molar-refractivity contribution in [1.29, 1.82) is 0 Å². The second-order valence-corrected chi connectivity index (χ2v) is 32.8. The summed E-state index contributed by atoms with van der Waals surface area (Å²) in [6, 6.07) is 71.2. The quantitative estimate of drug-likeness (QED) is 0.00523. The maximum absolute atomic E-state index is 13.3. The van der Waals surface area contributed by atoms with E-state index in [0.717, 1.165) is 65.2 Å². The largest absolute Gasteiger partial charge is 1.00 e. The van der Waals surface area contributed by atoms with Crippen LogP contribution in [0.5, 0.6) is 17.2 Å². The molecule has 40 heteroatoms. The van der Waals surface area contributed by atoms with Gasteiger partial charge in [0.05, 0.1) is 79.6 Å². The van der Waals surface area contributed by atoms with Gasteiger partial charge >= 0.3 is 41.5 Å². The molecule has 10 aromatic carbocycles. The van der Waals surface area contributed by atoms with Crippen molar-refractivity contribution < 1.29 is 131 Å². The second kappa shape index (κ2) is 55.6. The number of halogens is 5. The molecule has 4 heterocycles. The summed E-state index contributed by atoms with van der Waals surface area (Å²) in [4.78, 5) is 137. The number of benzene rings is 10. The van der Waals surface area contributed by atoms with Crippen molar-refractivity contribution in [3.8, 4) is 50.6 Å². The number of oxime groups is 1. The minimum absolute atomic E-state index is 0. The molecule has 3 aliphatic rings. The van der Waals surface area contributed by atoms with Crippen LogP contribution in [0, 0.1) is 0 Å². The minimum Gasteiger partial charge on any atom is -0.550 e. The number of nitrogens with two attached hydrogens (primary N) is 1. The van der Waals surface area contributed by atoms with Crippen molar-refractivity contribution >= 4 is 172 Å². The minimum atomic E-state index is -3.67. The molecule has 13 N–H and O–H groups in total. The summed E-state index contributed by atoms with van der Waals surface area (Å²) in [6.07, 6.45) is -0.358. The van der Waals surface area contributed by atoms with E-state index in [0.29, 0.717) is 113 Å². The van der Waals surface area contributed by atoms with Crippen LogP contribution < -0.4 is 81.9 Å². The van der Waals surface area contributed by atoms with E-state index < -0.39 is 61.3 Å². The summed E-state index contributed by atoms with van der Waals surface area (Å²) in [7, 11) is 8.96. The summed E-state index contributed by atoms with van der Waals surface area (Å²) >= 11 is 20.1. The van der Waals surface area contributed by atoms with E-state index >= 15 is 0 Å².